The largest absolute Gasteiger partial charge is 0.394 e. The molecule has 7 fully saturated rings. The lowest BCUT2D eigenvalue weighted by molar-refractivity contribution is -0.215. The van der Waals surface area contributed by atoms with Gasteiger partial charge in [0.25, 0.3) is 0 Å². The van der Waals surface area contributed by atoms with E-state index < -0.39 is 180 Å². The van der Waals surface area contributed by atoms with Crippen molar-refractivity contribution in [1.29, 1.82) is 0 Å². The maximum atomic E-state index is 15.8. The standard InChI is InChI=1S/C79H127F3N12O14/c1-16-23-58-68(98)84-57(38-48(3)4)71(101)93(53-33-34-53)45-66(97)89(12)59-26-19-18-22-37-92(74(59)104)62(39-50-29-27-49(5)28-30-50)73(103)87(10)44-64(95)83-56(36-32-51-31-35-55(79(80,81)82)63(40-51)107-15)70(100)94-43-54(108-17-2)41-60(94)69(99)85-78(46-77(6,7)47-78)76(106)91(14)67(52-24-20-21-25-52)75(105)90(13)61(72(102)86(8)9)42-65(96)88(58)11/h18-19,48-63,67H,16-17,20-47H2,1-15H3,(H,83,95)(H,84,98)(H,85,99)/b19-18-/t49?,50?,51?,54-,55?,56+,57+,58+,59+,60+,61+,62+,63?,67+/m1/s1. The lowest BCUT2D eigenvalue weighted by Gasteiger charge is -2.54. The quantitative estimate of drug-likeness (QED) is 0.148. The Bertz CT molecular complexity index is 3240. The van der Waals surface area contributed by atoms with Crippen molar-refractivity contribution in [1.82, 2.24) is 60.0 Å². The van der Waals surface area contributed by atoms with Crippen LogP contribution in [-0.4, -0.2) is 283 Å². The van der Waals surface area contributed by atoms with Gasteiger partial charge in [-0.2, -0.15) is 13.2 Å². The van der Waals surface area contributed by atoms with Gasteiger partial charge in [-0.3, -0.25) is 57.5 Å². The summed E-state index contributed by atoms with van der Waals surface area (Å²) < 4.78 is 54.7. The van der Waals surface area contributed by atoms with Gasteiger partial charge in [-0.05, 0) is 145 Å². The number of carbonyl (C=O) groups excluding carboxylic acids is 12. The van der Waals surface area contributed by atoms with Crippen molar-refractivity contribution in [3.05, 3.63) is 12.2 Å². The number of alkyl halides is 3. The topological polar surface area (TPSA) is 289 Å². The van der Waals surface area contributed by atoms with Crippen LogP contribution >= 0.6 is 0 Å². The number of hydrogen-bond donors (Lipinski definition) is 3. The summed E-state index contributed by atoms with van der Waals surface area (Å²) in [5.74, 6) is -9.81. The van der Waals surface area contributed by atoms with Gasteiger partial charge in [-0.1, -0.05) is 98.6 Å². The van der Waals surface area contributed by atoms with Crippen molar-refractivity contribution in [3.63, 3.8) is 0 Å². The highest BCUT2D eigenvalue weighted by Crippen LogP contribution is 2.50. The first-order chi connectivity index (χ1) is 50.8. The third-order valence-corrected chi connectivity index (χ3v) is 24.7. The van der Waals surface area contributed by atoms with Crippen molar-refractivity contribution >= 4 is 70.9 Å². The van der Waals surface area contributed by atoms with Crippen molar-refractivity contribution in [2.45, 2.75) is 287 Å². The molecule has 3 heterocycles. The fourth-order valence-corrected chi connectivity index (χ4v) is 18.5. The van der Waals surface area contributed by atoms with Crippen molar-refractivity contribution in [3.8, 4) is 0 Å². The highest BCUT2D eigenvalue weighted by atomic mass is 19.4. The van der Waals surface area contributed by atoms with E-state index in [0.717, 1.165) is 38.5 Å². The van der Waals surface area contributed by atoms with Gasteiger partial charge in [0, 0.05) is 88.6 Å². The minimum Gasteiger partial charge on any atom is -0.381 e. The van der Waals surface area contributed by atoms with Gasteiger partial charge in [0.15, 0.2) is 0 Å². The number of carbonyl (C=O) groups is 12. The first-order valence-corrected chi connectivity index (χ1v) is 40.1. The molecule has 0 aromatic carbocycles. The Kier molecular flexibility index (Phi) is 30.0. The molecular formula is C79H127F3N12O14. The van der Waals surface area contributed by atoms with Crippen LogP contribution in [-0.2, 0) is 67.0 Å². The average molecular weight is 1530 g/mol. The second kappa shape index (κ2) is 37.4. The fourth-order valence-electron chi connectivity index (χ4n) is 18.5. The first kappa shape index (κ1) is 86.7. The van der Waals surface area contributed by atoms with Crippen LogP contribution < -0.4 is 16.0 Å². The molecular weight excluding hydrogens is 1400 g/mol. The van der Waals surface area contributed by atoms with E-state index in [2.05, 4.69) is 22.9 Å². The Hall–Kier alpha value is -6.91. The van der Waals surface area contributed by atoms with E-state index in [9.17, 15) is 37.1 Å². The summed E-state index contributed by atoms with van der Waals surface area (Å²) >= 11 is 0. The van der Waals surface area contributed by atoms with Crippen LogP contribution in [0.25, 0.3) is 0 Å². The second-order valence-electron chi connectivity index (χ2n) is 34.3. The van der Waals surface area contributed by atoms with Gasteiger partial charge in [0.2, 0.25) is 70.9 Å². The molecule has 2 bridgehead atoms. The Balaban J connectivity index is 1.21. The second-order valence-corrected chi connectivity index (χ2v) is 34.3. The number of nitrogens with zero attached hydrogens (tertiary/aromatic N) is 9. The van der Waals surface area contributed by atoms with Gasteiger partial charge < -0.3 is 69.5 Å². The van der Waals surface area contributed by atoms with E-state index >= 15 is 33.6 Å². The molecule has 8 aliphatic rings. The average Bonchev–Trinajstić information content (AvgIpc) is 0.938. The van der Waals surface area contributed by atoms with Crippen molar-refractivity contribution in [2.24, 2.45) is 40.9 Å². The molecule has 12 amide bonds. The molecule has 1 spiro atoms. The third kappa shape index (κ3) is 21.2. The molecule has 608 valence electrons. The zero-order chi connectivity index (χ0) is 79.6. The minimum atomic E-state index is -4.52. The van der Waals surface area contributed by atoms with E-state index in [1.54, 1.807) is 6.92 Å². The van der Waals surface area contributed by atoms with E-state index in [1.807, 2.05) is 46.8 Å². The zero-order valence-electron chi connectivity index (χ0n) is 67.1. The molecule has 26 nitrogen and oxygen atoms in total. The number of ether oxygens (including phenoxy) is 2. The number of methoxy groups -OCH3 is 1. The lowest BCUT2D eigenvalue weighted by Crippen LogP contribution is -2.71. The fraction of sp³-hybridized carbons (Fsp3) is 0.823. The lowest BCUT2D eigenvalue weighted by atomic mass is 9.58. The predicted octanol–water partition coefficient (Wildman–Crippen LogP) is 6.46. The molecule has 29 heteroatoms. The number of likely N-dealkylation sites (N-methyl/N-ethyl adjacent to an activating group) is 6. The molecule has 5 saturated carbocycles. The van der Waals surface area contributed by atoms with Gasteiger partial charge in [0.1, 0.15) is 60.4 Å². The molecule has 108 heavy (non-hydrogen) atoms. The van der Waals surface area contributed by atoms with E-state index in [4.69, 9.17) is 9.47 Å². The Morgan fingerprint density at radius 1 is 0.667 bits per heavy atom. The number of rotatable bonds is 15. The van der Waals surface area contributed by atoms with Gasteiger partial charge in [-0.25, -0.2) is 0 Å². The van der Waals surface area contributed by atoms with Crippen LogP contribution in [0.2, 0.25) is 0 Å². The molecule has 3 N–H and O–H groups in total. The summed E-state index contributed by atoms with van der Waals surface area (Å²) in [4.78, 5) is 195. The first-order valence-electron chi connectivity index (χ1n) is 40.1. The van der Waals surface area contributed by atoms with E-state index in [0.29, 0.717) is 44.4 Å². The molecule has 3 unspecified atom stereocenters. The maximum absolute atomic E-state index is 15.8. The highest BCUT2D eigenvalue weighted by molar-refractivity contribution is 6.01. The van der Waals surface area contributed by atoms with Crippen LogP contribution in [0.15, 0.2) is 12.2 Å². The maximum Gasteiger partial charge on any atom is 0.394 e. The summed E-state index contributed by atoms with van der Waals surface area (Å²) in [6.45, 7) is 12.5. The third-order valence-electron chi connectivity index (χ3n) is 24.7. The van der Waals surface area contributed by atoms with Crippen molar-refractivity contribution in [2.75, 3.05) is 89.2 Å². The smallest absolute Gasteiger partial charge is 0.381 e. The van der Waals surface area contributed by atoms with E-state index in [-0.39, 0.29) is 121 Å². The van der Waals surface area contributed by atoms with Crippen LogP contribution in [0.5, 0.6) is 0 Å². The summed E-state index contributed by atoms with van der Waals surface area (Å²) in [7, 11) is 11.5. The van der Waals surface area contributed by atoms with E-state index in [1.165, 1.54) is 101 Å². The molecule has 5 aliphatic carbocycles. The van der Waals surface area contributed by atoms with Crippen LogP contribution in [0.3, 0.4) is 0 Å². The van der Waals surface area contributed by atoms with Crippen molar-refractivity contribution < 1.29 is 80.2 Å². The molecule has 0 aromatic rings. The summed E-state index contributed by atoms with van der Waals surface area (Å²) in [6, 6.07) is -10.4. The molecule has 2 saturated heterocycles. The van der Waals surface area contributed by atoms with Crippen LogP contribution in [0.1, 0.15) is 209 Å². The Labute approximate surface area is 638 Å². The minimum absolute atomic E-state index is 0.00165. The van der Waals surface area contributed by atoms with Gasteiger partial charge in [0.05, 0.1) is 31.1 Å². The number of amides is 12. The number of hydrogen-bond acceptors (Lipinski definition) is 14. The number of nitrogens with one attached hydrogen (secondary N) is 3. The molecule has 0 radical (unpaired) electrons. The van der Waals surface area contributed by atoms with Gasteiger partial charge >= 0.3 is 6.18 Å². The summed E-state index contributed by atoms with van der Waals surface area (Å²) in [5, 5.41) is 8.97. The Morgan fingerprint density at radius 2 is 1.31 bits per heavy atom. The molecule has 0 aromatic heterocycles. The number of halogens is 3. The molecule has 8 rings (SSSR count). The van der Waals surface area contributed by atoms with Crippen LogP contribution in [0.4, 0.5) is 13.2 Å². The van der Waals surface area contributed by atoms with Gasteiger partial charge in [-0.15, -0.1) is 0 Å². The SMILES string of the molecule is CCC[C@H]1C(=O)N[C@@H](CC(C)C)C(=O)N(C2CC2)CC(=O)N(C)[C@H]2C/C=C\CCN(C2=O)[C@@H](CC2CCC(C)CC2)C(=O)N(C)CC(=O)N[C@@H](CCC2CCC(C(F)(F)F)C(OC)C2)C(=O)N2C[C@H](OCC)C[C@H]2C(=O)NC2(CC(C)(C)C2)C(=O)N(C)[C@@H](C2CCCC2)C(=O)N(C)[C@H](C(=O)N(C)C)CC(=O)N1C. The normalized spacial score (nSPS) is 32.0. The van der Waals surface area contributed by atoms with Crippen LogP contribution in [0, 0.1) is 40.9 Å². The molecule has 3 aliphatic heterocycles. The number of fused-ring (bicyclic) bond motifs is 3. The molecule has 12 atom stereocenters. The Morgan fingerprint density at radius 3 is 1.91 bits per heavy atom. The summed E-state index contributed by atoms with van der Waals surface area (Å²) in [5.41, 5.74) is -2.17. The predicted molar refractivity (Wildman–Crippen MR) is 398 cm³/mol. The monoisotopic (exact) mass is 1520 g/mol. The zero-order valence-corrected chi connectivity index (χ0v) is 67.1. The summed E-state index contributed by atoms with van der Waals surface area (Å²) in [6.07, 6.45) is 5.20. The highest BCUT2D eigenvalue weighted by Gasteiger charge is 2.60.